The van der Waals surface area contributed by atoms with E-state index in [1.165, 1.54) is 36.5 Å². The SMILES string of the molecule is NC(=O)COc1ccc(C=NNC(=O)c2ccccc2F)cc1Cl. The topological polar surface area (TPSA) is 93.8 Å². The molecule has 0 aromatic heterocycles. The Hall–Kier alpha value is -2.93. The molecule has 0 bridgehead atoms. The molecule has 2 aromatic carbocycles. The molecule has 0 saturated heterocycles. The van der Waals surface area contributed by atoms with Crippen LogP contribution in [0.25, 0.3) is 0 Å². The fourth-order valence-corrected chi connectivity index (χ4v) is 1.98. The summed E-state index contributed by atoms with van der Waals surface area (Å²) in [6, 6.07) is 10.2. The molecule has 124 valence electrons. The summed E-state index contributed by atoms with van der Waals surface area (Å²) < 4.78 is 18.5. The maximum atomic E-state index is 13.4. The van der Waals surface area contributed by atoms with Gasteiger partial charge in [-0.05, 0) is 35.9 Å². The molecular formula is C16H13ClFN3O3. The van der Waals surface area contributed by atoms with Crippen LogP contribution in [0.15, 0.2) is 47.6 Å². The predicted octanol–water partition coefficient (Wildman–Crippen LogP) is 2.11. The van der Waals surface area contributed by atoms with Crippen LogP contribution in [-0.2, 0) is 4.79 Å². The molecule has 0 aliphatic carbocycles. The maximum absolute atomic E-state index is 13.4. The number of hydrogen-bond donors (Lipinski definition) is 2. The number of carbonyl (C=O) groups excluding carboxylic acids is 2. The maximum Gasteiger partial charge on any atom is 0.274 e. The molecule has 0 spiro atoms. The molecule has 0 fully saturated rings. The van der Waals surface area contributed by atoms with Gasteiger partial charge in [-0.3, -0.25) is 9.59 Å². The standard InChI is InChI=1S/C16H13ClFN3O3/c17-12-7-10(5-6-14(12)24-9-15(19)22)8-20-21-16(23)11-3-1-2-4-13(11)18/h1-8H,9H2,(H2,19,22)(H,21,23). The third kappa shape index (κ3) is 4.79. The van der Waals surface area contributed by atoms with Gasteiger partial charge in [0.05, 0.1) is 16.8 Å². The largest absolute Gasteiger partial charge is 0.482 e. The Morgan fingerprint density at radius 1 is 1.29 bits per heavy atom. The molecule has 2 amide bonds. The minimum atomic E-state index is -0.670. The van der Waals surface area contributed by atoms with Crippen LogP contribution in [0, 0.1) is 5.82 Å². The van der Waals surface area contributed by atoms with E-state index in [4.69, 9.17) is 22.1 Å². The van der Waals surface area contributed by atoms with E-state index in [1.54, 1.807) is 12.1 Å². The van der Waals surface area contributed by atoms with E-state index >= 15 is 0 Å². The van der Waals surface area contributed by atoms with Crippen molar-refractivity contribution in [3.8, 4) is 5.75 Å². The summed E-state index contributed by atoms with van der Waals surface area (Å²) in [5.74, 6) is -1.63. The number of nitrogens with two attached hydrogens (primary N) is 1. The van der Waals surface area contributed by atoms with Gasteiger partial charge < -0.3 is 10.5 Å². The molecule has 0 aliphatic heterocycles. The molecule has 0 saturated carbocycles. The number of amides is 2. The lowest BCUT2D eigenvalue weighted by Gasteiger charge is -2.06. The molecule has 0 heterocycles. The summed E-state index contributed by atoms with van der Waals surface area (Å²) in [6.45, 7) is -0.286. The first-order valence-corrected chi connectivity index (χ1v) is 7.14. The molecule has 0 radical (unpaired) electrons. The highest BCUT2D eigenvalue weighted by Crippen LogP contribution is 2.24. The van der Waals surface area contributed by atoms with Gasteiger partial charge in [0.2, 0.25) is 0 Å². The number of carbonyl (C=O) groups is 2. The van der Waals surface area contributed by atoms with Gasteiger partial charge in [-0.2, -0.15) is 5.10 Å². The smallest absolute Gasteiger partial charge is 0.274 e. The van der Waals surface area contributed by atoms with Crippen LogP contribution in [0.5, 0.6) is 5.75 Å². The quantitative estimate of drug-likeness (QED) is 0.617. The zero-order valence-electron chi connectivity index (χ0n) is 12.3. The van der Waals surface area contributed by atoms with E-state index in [0.717, 1.165) is 0 Å². The van der Waals surface area contributed by atoms with Crippen molar-refractivity contribution in [1.29, 1.82) is 0 Å². The van der Waals surface area contributed by atoms with E-state index in [0.29, 0.717) is 11.3 Å². The van der Waals surface area contributed by atoms with Crippen LogP contribution in [0.1, 0.15) is 15.9 Å². The third-order valence-electron chi connectivity index (χ3n) is 2.82. The van der Waals surface area contributed by atoms with Crippen molar-refractivity contribution in [3.05, 3.63) is 64.4 Å². The van der Waals surface area contributed by atoms with Crippen molar-refractivity contribution in [2.24, 2.45) is 10.8 Å². The molecule has 0 aliphatic rings. The Labute approximate surface area is 142 Å². The van der Waals surface area contributed by atoms with Gasteiger partial charge >= 0.3 is 0 Å². The second-order valence-electron chi connectivity index (χ2n) is 4.62. The lowest BCUT2D eigenvalue weighted by Crippen LogP contribution is -2.20. The zero-order valence-corrected chi connectivity index (χ0v) is 13.1. The number of benzene rings is 2. The number of hydrazone groups is 1. The zero-order chi connectivity index (χ0) is 17.5. The molecule has 8 heteroatoms. The lowest BCUT2D eigenvalue weighted by molar-refractivity contribution is -0.119. The summed E-state index contributed by atoms with van der Waals surface area (Å²) >= 11 is 6.00. The molecule has 2 rings (SSSR count). The van der Waals surface area contributed by atoms with Gasteiger partial charge in [0.25, 0.3) is 11.8 Å². The molecular weight excluding hydrogens is 337 g/mol. The molecule has 24 heavy (non-hydrogen) atoms. The van der Waals surface area contributed by atoms with Crippen LogP contribution >= 0.6 is 11.6 Å². The molecule has 2 aromatic rings. The minimum Gasteiger partial charge on any atom is -0.482 e. The minimum absolute atomic E-state index is 0.108. The number of ether oxygens (including phenoxy) is 1. The van der Waals surface area contributed by atoms with Crippen LogP contribution in [0.3, 0.4) is 0 Å². The normalized spacial score (nSPS) is 10.6. The van der Waals surface area contributed by atoms with Gasteiger partial charge in [-0.1, -0.05) is 23.7 Å². The van der Waals surface area contributed by atoms with Gasteiger partial charge in [0, 0.05) is 0 Å². The molecule has 0 atom stereocenters. The summed E-state index contributed by atoms with van der Waals surface area (Å²) in [4.78, 5) is 22.4. The fourth-order valence-electron chi connectivity index (χ4n) is 1.73. The summed E-state index contributed by atoms with van der Waals surface area (Å²) in [5.41, 5.74) is 7.66. The van der Waals surface area contributed by atoms with Crippen LogP contribution in [0.4, 0.5) is 4.39 Å². The first-order chi connectivity index (χ1) is 11.5. The monoisotopic (exact) mass is 349 g/mol. The van der Waals surface area contributed by atoms with Crippen LogP contribution in [0.2, 0.25) is 5.02 Å². The van der Waals surface area contributed by atoms with Gasteiger partial charge in [0.15, 0.2) is 6.61 Å². The third-order valence-corrected chi connectivity index (χ3v) is 3.12. The Morgan fingerprint density at radius 3 is 2.71 bits per heavy atom. The first-order valence-electron chi connectivity index (χ1n) is 6.76. The number of rotatable bonds is 6. The highest BCUT2D eigenvalue weighted by atomic mass is 35.5. The summed E-state index contributed by atoms with van der Waals surface area (Å²) in [6.07, 6.45) is 1.34. The Balaban J connectivity index is 1.99. The van der Waals surface area contributed by atoms with Crippen LogP contribution < -0.4 is 15.9 Å². The van der Waals surface area contributed by atoms with E-state index in [9.17, 15) is 14.0 Å². The van der Waals surface area contributed by atoms with Gasteiger partial charge in [0.1, 0.15) is 11.6 Å². The Morgan fingerprint density at radius 2 is 2.04 bits per heavy atom. The van der Waals surface area contributed by atoms with E-state index in [2.05, 4.69) is 10.5 Å². The number of hydrogen-bond acceptors (Lipinski definition) is 4. The summed E-state index contributed by atoms with van der Waals surface area (Å²) in [5, 5.41) is 3.99. The molecule has 0 unspecified atom stereocenters. The first kappa shape index (κ1) is 17.4. The Bertz CT molecular complexity index is 796. The van der Waals surface area contributed by atoms with E-state index in [1.807, 2.05) is 0 Å². The van der Waals surface area contributed by atoms with Gasteiger partial charge in [-0.15, -0.1) is 0 Å². The highest BCUT2D eigenvalue weighted by molar-refractivity contribution is 6.32. The summed E-state index contributed by atoms with van der Waals surface area (Å²) in [7, 11) is 0. The number of nitrogens with one attached hydrogen (secondary N) is 1. The molecule has 3 N–H and O–H groups in total. The number of nitrogens with zero attached hydrogens (tertiary/aromatic N) is 1. The van der Waals surface area contributed by atoms with E-state index < -0.39 is 17.6 Å². The fraction of sp³-hybridized carbons (Fsp3) is 0.0625. The van der Waals surface area contributed by atoms with Crippen molar-refractivity contribution >= 4 is 29.6 Å². The van der Waals surface area contributed by atoms with Crippen molar-refractivity contribution in [2.45, 2.75) is 0 Å². The van der Waals surface area contributed by atoms with Crippen molar-refractivity contribution in [1.82, 2.24) is 5.43 Å². The average Bonchev–Trinajstić information content (AvgIpc) is 2.54. The van der Waals surface area contributed by atoms with Crippen LogP contribution in [-0.4, -0.2) is 24.6 Å². The second kappa shape index (κ2) is 8.07. The lowest BCUT2D eigenvalue weighted by atomic mass is 10.2. The van der Waals surface area contributed by atoms with Crippen molar-refractivity contribution in [3.63, 3.8) is 0 Å². The average molecular weight is 350 g/mol. The Kier molecular flexibility index (Phi) is 5.86. The number of primary amides is 1. The molecule has 6 nitrogen and oxygen atoms in total. The second-order valence-corrected chi connectivity index (χ2v) is 5.03. The van der Waals surface area contributed by atoms with Crippen molar-refractivity contribution in [2.75, 3.05) is 6.61 Å². The van der Waals surface area contributed by atoms with Gasteiger partial charge in [-0.25, -0.2) is 9.82 Å². The van der Waals surface area contributed by atoms with Crippen molar-refractivity contribution < 1.29 is 18.7 Å². The van der Waals surface area contributed by atoms with E-state index in [-0.39, 0.29) is 17.2 Å². The number of halogens is 2. The highest BCUT2D eigenvalue weighted by Gasteiger charge is 2.09. The predicted molar refractivity (Wildman–Crippen MR) is 87.6 cm³/mol.